The van der Waals surface area contributed by atoms with Crippen LogP contribution in [0.5, 0.6) is 5.75 Å². The molecule has 206 valence electrons. The summed E-state index contributed by atoms with van der Waals surface area (Å²) >= 11 is 12.5. The van der Waals surface area contributed by atoms with Gasteiger partial charge in [0, 0.05) is 29.2 Å². The van der Waals surface area contributed by atoms with Crippen molar-refractivity contribution in [2.75, 3.05) is 13.2 Å². The predicted molar refractivity (Wildman–Crippen MR) is 159 cm³/mol. The lowest BCUT2D eigenvalue weighted by Crippen LogP contribution is -2.30. The Bertz CT molecular complexity index is 1480. The van der Waals surface area contributed by atoms with Crippen LogP contribution in [-0.2, 0) is 9.59 Å². The Morgan fingerprint density at radius 3 is 2.38 bits per heavy atom. The number of aromatic nitrogens is 2. The minimum Gasteiger partial charge on any atom is -0.494 e. The zero-order valence-electron chi connectivity index (χ0n) is 21.9. The summed E-state index contributed by atoms with van der Waals surface area (Å²) < 4.78 is 5.60. The third kappa shape index (κ3) is 7.74. The van der Waals surface area contributed by atoms with Crippen LogP contribution in [-0.4, -0.2) is 40.1 Å². The average Bonchev–Trinajstić information content (AvgIpc) is 3.40. The van der Waals surface area contributed by atoms with Crippen LogP contribution in [0, 0.1) is 0 Å². The summed E-state index contributed by atoms with van der Waals surface area (Å²) in [4.78, 5) is 31.2. The highest BCUT2D eigenvalue weighted by molar-refractivity contribution is 6.35. The van der Waals surface area contributed by atoms with Crippen molar-refractivity contribution in [1.82, 2.24) is 15.3 Å². The summed E-state index contributed by atoms with van der Waals surface area (Å²) in [6, 6.07) is 20.9. The number of nitrogens with one attached hydrogen (secondary N) is 2. The number of amides is 1. The van der Waals surface area contributed by atoms with Gasteiger partial charge in [-0.25, -0.2) is 4.98 Å². The van der Waals surface area contributed by atoms with Crippen LogP contribution < -0.4 is 10.1 Å². The van der Waals surface area contributed by atoms with Crippen LogP contribution in [0.25, 0.3) is 23.3 Å². The number of hydrogen-bond donors (Lipinski definition) is 3. The van der Waals surface area contributed by atoms with Crippen LogP contribution in [0.1, 0.15) is 48.3 Å². The van der Waals surface area contributed by atoms with E-state index < -0.39 is 11.9 Å². The molecule has 1 aromatic heterocycles. The molecule has 40 heavy (non-hydrogen) atoms. The Hall–Kier alpha value is -4.07. The quantitative estimate of drug-likeness (QED) is 0.156. The van der Waals surface area contributed by atoms with Gasteiger partial charge in [0.2, 0.25) is 5.91 Å². The van der Waals surface area contributed by atoms with Crippen LogP contribution in [0.4, 0.5) is 0 Å². The van der Waals surface area contributed by atoms with Crippen molar-refractivity contribution < 1.29 is 19.4 Å². The van der Waals surface area contributed by atoms with Crippen molar-refractivity contribution in [3.05, 3.63) is 106 Å². The Morgan fingerprint density at radius 1 is 1.02 bits per heavy atom. The van der Waals surface area contributed by atoms with E-state index >= 15 is 0 Å². The molecule has 0 aliphatic carbocycles. The molecule has 4 rings (SSSR count). The van der Waals surface area contributed by atoms with Gasteiger partial charge in [-0.1, -0.05) is 71.7 Å². The first-order chi connectivity index (χ1) is 19.3. The second-order valence-electron chi connectivity index (χ2n) is 9.04. The second kappa shape index (κ2) is 13.8. The Morgan fingerprint density at radius 2 is 1.73 bits per heavy atom. The molecule has 7 nitrogen and oxygen atoms in total. The number of aliphatic carboxylic acids is 1. The first-order valence-corrected chi connectivity index (χ1v) is 13.6. The molecule has 9 heteroatoms. The number of nitrogens with zero attached hydrogens (tertiary/aromatic N) is 1. The molecule has 0 fully saturated rings. The van der Waals surface area contributed by atoms with E-state index in [9.17, 15) is 9.59 Å². The number of halogens is 2. The van der Waals surface area contributed by atoms with Crippen molar-refractivity contribution in [2.45, 2.75) is 25.7 Å². The Kier molecular flexibility index (Phi) is 10.00. The number of hydrogen-bond acceptors (Lipinski definition) is 4. The number of benzene rings is 3. The number of carboxylic acids is 1. The fraction of sp³-hybridized carbons (Fsp3) is 0.194. The third-order valence-electron chi connectivity index (χ3n) is 6.15. The number of imidazole rings is 1. The first-order valence-electron chi connectivity index (χ1n) is 12.8. The summed E-state index contributed by atoms with van der Waals surface area (Å²) in [6.07, 6.45) is 6.00. The molecule has 1 heterocycles. The van der Waals surface area contributed by atoms with Crippen molar-refractivity contribution in [1.29, 1.82) is 0 Å². The molecule has 4 aromatic rings. The van der Waals surface area contributed by atoms with Gasteiger partial charge in [0.15, 0.2) is 0 Å². The van der Waals surface area contributed by atoms with E-state index in [1.54, 1.807) is 24.4 Å². The third-order valence-corrected chi connectivity index (χ3v) is 6.71. The van der Waals surface area contributed by atoms with E-state index in [-0.39, 0.29) is 12.3 Å². The first kappa shape index (κ1) is 28.9. The number of carbonyl (C=O) groups is 2. The number of likely N-dealkylation sites (N-methyl/N-ethyl adjacent to an activating group) is 1. The maximum Gasteiger partial charge on any atom is 0.303 e. The van der Waals surface area contributed by atoms with E-state index in [0.717, 1.165) is 16.7 Å². The monoisotopic (exact) mass is 577 g/mol. The highest BCUT2D eigenvalue weighted by Gasteiger charge is 2.26. The lowest BCUT2D eigenvalue weighted by molar-refractivity contribution is -0.137. The molecule has 0 aliphatic heterocycles. The molecular formula is C31H29Cl2N3O4. The minimum atomic E-state index is -0.823. The fourth-order valence-electron chi connectivity index (χ4n) is 4.16. The molecule has 1 amide bonds. The number of rotatable bonds is 12. The zero-order chi connectivity index (χ0) is 28.5. The molecule has 1 unspecified atom stereocenters. The highest BCUT2D eigenvalue weighted by atomic mass is 35.5. The maximum absolute atomic E-state index is 12.9. The number of ether oxygens (including phenoxy) is 1. The molecule has 0 saturated carbocycles. The van der Waals surface area contributed by atoms with Crippen molar-refractivity contribution in [3.8, 4) is 16.9 Å². The van der Waals surface area contributed by atoms with Gasteiger partial charge in [-0.2, -0.15) is 0 Å². The molecule has 0 aliphatic rings. The molecular weight excluding hydrogens is 549 g/mol. The number of carbonyl (C=O) groups excluding carboxylic acids is 1. The highest BCUT2D eigenvalue weighted by Crippen LogP contribution is 2.32. The Labute approximate surface area is 242 Å². The predicted octanol–water partition coefficient (Wildman–Crippen LogP) is 7.07. The molecule has 3 N–H and O–H groups in total. The number of H-pyrrole nitrogens is 1. The summed E-state index contributed by atoms with van der Waals surface area (Å²) in [7, 11) is 0. The lowest BCUT2D eigenvalue weighted by atomic mass is 9.95. The van der Waals surface area contributed by atoms with Gasteiger partial charge in [-0.3, -0.25) is 9.59 Å². The second-order valence-corrected chi connectivity index (χ2v) is 9.89. The SMILES string of the molecule is CCNC(=O)C(c1cnc(C=Cc2ccc(-c3ccc(OCCCC(=O)O)cc3)cc2)[nH]1)c1ccc(Cl)cc1Cl. The van der Waals surface area contributed by atoms with Crippen molar-refractivity contribution >= 4 is 47.2 Å². The van der Waals surface area contributed by atoms with Gasteiger partial charge in [0.25, 0.3) is 0 Å². The maximum atomic E-state index is 12.9. The van der Waals surface area contributed by atoms with Gasteiger partial charge in [-0.05, 0) is 65.9 Å². The Balaban J connectivity index is 1.42. The van der Waals surface area contributed by atoms with Gasteiger partial charge >= 0.3 is 5.97 Å². The van der Waals surface area contributed by atoms with Crippen LogP contribution in [0.15, 0.2) is 72.9 Å². The molecule has 1 atom stereocenters. The summed E-state index contributed by atoms with van der Waals surface area (Å²) in [5.41, 5.74) is 4.35. The zero-order valence-corrected chi connectivity index (χ0v) is 23.4. The van der Waals surface area contributed by atoms with Crippen LogP contribution in [0.3, 0.4) is 0 Å². The molecule has 0 saturated heterocycles. The lowest BCUT2D eigenvalue weighted by Gasteiger charge is -2.17. The molecule has 0 radical (unpaired) electrons. The fourth-order valence-corrected chi connectivity index (χ4v) is 4.68. The van der Waals surface area contributed by atoms with Gasteiger partial charge in [0.05, 0.1) is 12.3 Å². The van der Waals surface area contributed by atoms with E-state index in [0.29, 0.717) is 52.4 Å². The van der Waals surface area contributed by atoms with E-state index in [4.69, 9.17) is 33.0 Å². The van der Waals surface area contributed by atoms with E-state index in [2.05, 4.69) is 15.3 Å². The molecule has 3 aromatic carbocycles. The normalized spacial score (nSPS) is 11.9. The van der Waals surface area contributed by atoms with Crippen molar-refractivity contribution in [2.24, 2.45) is 0 Å². The molecule has 0 spiro atoms. The molecule has 0 bridgehead atoms. The van der Waals surface area contributed by atoms with E-state index in [1.165, 1.54) is 0 Å². The summed E-state index contributed by atoms with van der Waals surface area (Å²) in [5, 5.41) is 12.5. The van der Waals surface area contributed by atoms with E-state index in [1.807, 2.05) is 67.6 Å². The van der Waals surface area contributed by atoms with Gasteiger partial charge in [-0.15, -0.1) is 0 Å². The summed E-state index contributed by atoms with van der Waals surface area (Å²) in [6.45, 7) is 2.72. The smallest absolute Gasteiger partial charge is 0.303 e. The number of aromatic amines is 1. The topological polar surface area (TPSA) is 104 Å². The largest absolute Gasteiger partial charge is 0.494 e. The average molecular weight is 578 g/mol. The number of carboxylic acid groups (broad SMARTS) is 1. The minimum absolute atomic E-state index is 0.0921. The standard InChI is InChI=1S/C31H29Cl2N3O4/c1-2-34-31(39)30(25-15-12-23(32)18-26(25)33)27-19-35-28(36-27)16-7-20-5-8-21(9-6-20)22-10-13-24(14-11-22)40-17-3-4-29(37)38/h5-16,18-19,30H,2-4,17H2,1H3,(H,34,39)(H,35,36)(H,37,38). The van der Waals surface area contributed by atoms with Crippen LogP contribution >= 0.6 is 23.2 Å². The summed E-state index contributed by atoms with van der Waals surface area (Å²) in [5.74, 6) is -0.341. The van der Waals surface area contributed by atoms with Crippen LogP contribution in [0.2, 0.25) is 10.0 Å². The van der Waals surface area contributed by atoms with Gasteiger partial charge < -0.3 is 20.1 Å². The van der Waals surface area contributed by atoms with Crippen molar-refractivity contribution in [3.63, 3.8) is 0 Å². The van der Waals surface area contributed by atoms with Gasteiger partial charge in [0.1, 0.15) is 17.5 Å².